The van der Waals surface area contributed by atoms with Crippen LogP contribution in [0.3, 0.4) is 0 Å². The normalized spacial score (nSPS) is 13.6. The Bertz CT molecular complexity index is 813. The number of hydrogen-bond donors (Lipinski definition) is 3. The largest absolute Gasteiger partial charge is 0.507 e. The first-order valence-electron chi connectivity index (χ1n) is 8.73. The highest BCUT2D eigenvalue weighted by Gasteiger charge is 2.11. The number of aliphatic imine (C=N–C) groups is 1. The van der Waals surface area contributed by atoms with Gasteiger partial charge in [-0.05, 0) is 54.2 Å². The smallest absolute Gasteiger partial charge is 0.341 e. The molecule has 0 aliphatic carbocycles. The van der Waals surface area contributed by atoms with Crippen LogP contribution in [0.25, 0.3) is 5.57 Å². The van der Waals surface area contributed by atoms with E-state index in [0.717, 1.165) is 28.7 Å². The first kappa shape index (κ1) is 22.1. The molecule has 0 spiro atoms. The average Bonchev–Trinajstić information content (AvgIpc) is 2.64. The molecule has 0 heterocycles. The van der Waals surface area contributed by atoms with Crippen molar-refractivity contribution in [3.63, 3.8) is 0 Å². The zero-order valence-corrected chi connectivity index (χ0v) is 16.1. The van der Waals surface area contributed by atoms with Crippen molar-refractivity contribution in [2.75, 3.05) is 6.54 Å². The third kappa shape index (κ3) is 6.72. The molecule has 0 bridgehead atoms. The second kappa shape index (κ2) is 10.9. The Morgan fingerprint density at radius 3 is 2.37 bits per heavy atom. The molecule has 0 aliphatic rings. The van der Waals surface area contributed by atoms with E-state index >= 15 is 0 Å². The second-order valence-corrected chi connectivity index (χ2v) is 6.13. The topological polar surface area (TPSA) is 90.1 Å². The summed E-state index contributed by atoms with van der Waals surface area (Å²) < 4.78 is 0. The lowest BCUT2D eigenvalue weighted by Gasteiger charge is -2.09. The number of nitrogens with zero attached hydrogens (tertiary/aromatic N) is 1. The zero-order valence-electron chi connectivity index (χ0n) is 16.1. The van der Waals surface area contributed by atoms with Gasteiger partial charge in [0.15, 0.2) is 0 Å². The minimum atomic E-state index is -1.24. The highest BCUT2D eigenvalue weighted by atomic mass is 16.4. The van der Waals surface area contributed by atoms with Crippen LogP contribution < -0.4 is 0 Å². The highest BCUT2D eigenvalue weighted by molar-refractivity contribution is 6.09. The van der Waals surface area contributed by atoms with Gasteiger partial charge in [0.25, 0.3) is 0 Å². The van der Waals surface area contributed by atoms with E-state index in [-0.39, 0.29) is 17.9 Å². The molecule has 0 radical (unpaired) electrons. The molecule has 144 valence electrons. The maximum atomic E-state index is 11.3. The van der Waals surface area contributed by atoms with Gasteiger partial charge in [0, 0.05) is 12.8 Å². The van der Waals surface area contributed by atoms with Crippen molar-refractivity contribution < 1.29 is 20.1 Å². The lowest BCUT2D eigenvalue weighted by Crippen LogP contribution is -2.06. The van der Waals surface area contributed by atoms with Crippen molar-refractivity contribution in [2.24, 2.45) is 4.99 Å². The third-order valence-electron chi connectivity index (χ3n) is 3.98. The van der Waals surface area contributed by atoms with E-state index in [1.807, 2.05) is 44.2 Å². The van der Waals surface area contributed by atoms with E-state index in [0.29, 0.717) is 12.1 Å². The SMILES string of the molecule is C=C(/C=C(C)/C(C)=C/C(O)=C(\C=NCCC)C(=O)O)c1ccccc1CO. The molecule has 0 fully saturated rings. The summed E-state index contributed by atoms with van der Waals surface area (Å²) in [5, 5.41) is 28.9. The zero-order chi connectivity index (χ0) is 20.4. The van der Waals surface area contributed by atoms with Crippen molar-refractivity contribution in [2.45, 2.75) is 33.8 Å². The number of benzene rings is 1. The number of rotatable bonds is 9. The van der Waals surface area contributed by atoms with Gasteiger partial charge in [0.1, 0.15) is 11.3 Å². The highest BCUT2D eigenvalue weighted by Crippen LogP contribution is 2.23. The van der Waals surface area contributed by atoms with Crippen LogP contribution in [0.4, 0.5) is 0 Å². The summed E-state index contributed by atoms with van der Waals surface area (Å²) >= 11 is 0. The van der Waals surface area contributed by atoms with Crippen molar-refractivity contribution in [3.8, 4) is 0 Å². The molecule has 27 heavy (non-hydrogen) atoms. The van der Waals surface area contributed by atoms with Crippen LogP contribution in [0.1, 0.15) is 38.3 Å². The van der Waals surface area contributed by atoms with E-state index in [2.05, 4.69) is 11.6 Å². The lowest BCUT2D eigenvalue weighted by molar-refractivity contribution is -0.132. The Labute approximate surface area is 160 Å². The number of carbonyl (C=O) groups is 1. The summed E-state index contributed by atoms with van der Waals surface area (Å²) in [7, 11) is 0. The number of hydrogen-bond acceptors (Lipinski definition) is 4. The molecule has 0 aromatic heterocycles. The number of aliphatic hydroxyl groups is 2. The van der Waals surface area contributed by atoms with Gasteiger partial charge in [-0.1, -0.05) is 43.8 Å². The minimum absolute atomic E-state index is 0.0838. The molecule has 0 saturated carbocycles. The standard InChI is InChI=1S/C22H27NO4/c1-5-10-23-13-20(22(26)27)21(25)12-16(3)15(2)11-17(4)19-9-7-6-8-18(19)14-24/h6-9,11-13,24-25H,4-5,10,14H2,1-3H3,(H,26,27)/b15-11+,16-12+,21-20-,23-13?. The third-order valence-corrected chi connectivity index (χ3v) is 3.98. The number of aliphatic carboxylic acids is 1. The predicted octanol–water partition coefficient (Wildman–Crippen LogP) is 4.46. The fraction of sp³-hybridized carbons (Fsp3) is 0.273. The van der Waals surface area contributed by atoms with Crippen LogP contribution >= 0.6 is 0 Å². The van der Waals surface area contributed by atoms with E-state index in [1.165, 1.54) is 12.3 Å². The summed E-state index contributed by atoms with van der Waals surface area (Å²) in [4.78, 5) is 15.3. The first-order chi connectivity index (χ1) is 12.8. The summed E-state index contributed by atoms with van der Waals surface area (Å²) in [6.45, 7) is 10.0. The lowest BCUT2D eigenvalue weighted by atomic mass is 9.97. The van der Waals surface area contributed by atoms with Crippen LogP contribution in [-0.2, 0) is 11.4 Å². The Balaban J connectivity index is 3.15. The average molecular weight is 369 g/mol. The molecule has 0 saturated heterocycles. The molecular formula is C22H27NO4. The summed E-state index contributed by atoms with van der Waals surface area (Å²) in [5.74, 6) is -1.59. The molecule has 0 amide bonds. The Morgan fingerprint density at radius 1 is 1.15 bits per heavy atom. The number of allylic oxidation sites excluding steroid dienone is 5. The fourth-order valence-electron chi connectivity index (χ4n) is 2.34. The maximum absolute atomic E-state index is 11.3. The van der Waals surface area contributed by atoms with Gasteiger partial charge in [-0.3, -0.25) is 4.99 Å². The van der Waals surface area contributed by atoms with Crippen LogP contribution in [0, 0.1) is 0 Å². The van der Waals surface area contributed by atoms with Crippen LogP contribution in [-0.4, -0.2) is 34.0 Å². The molecule has 0 unspecified atom stereocenters. The molecule has 1 rings (SSSR count). The van der Waals surface area contributed by atoms with E-state index in [9.17, 15) is 20.1 Å². The monoisotopic (exact) mass is 369 g/mol. The van der Waals surface area contributed by atoms with Crippen LogP contribution in [0.2, 0.25) is 0 Å². The summed E-state index contributed by atoms with van der Waals surface area (Å²) in [6, 6.07) is 7.42. The van der Waals surface area contributed by atoms with Crippen molar-refractivity contribution in [1.82, 2.24) is 0 Å². The Kier molecular flexibility index (Phi) is 8.96. The molecule has 1 aromatic carbocycles. The number of carboxylic acids is 1. The van der Waals surface area contributed by atoms with E-state index < -0.39 is 5.97 Å². The van der Waals surface area contributed by atoms with Crippen molar-refractivity contribution in [3.05, 3.63) is 76.6 Å². The van der Waals surface area contributed by atoms with Crippen molar-refractivity contribution >= 4 is 17.8 Å². The molecular weight excluding hydrogens is 342 g/mol. The summed E-state index contributed by atoms with van der Waals surface area (Å²) in [6.07, 6.45) is 5.20. The Hall–Kier alpha value is -2.92. The van der Waals surface area contributed by atoms with Gasteiger partial charge in [0.2, 0.25) is 0 Å². The second-order valence-electron chi connectivity index (χ2n) is 6.13. The number of carboxylic acid groups (broad SMARTS) is 1. The minimum Gasteiger partial charge on any atom is -0.507 e. The van der Waals surface area contributed by atoms with Gasteiger partial charge in [-0.25, -0.2) is 4.79 Å². The summed E-state index contributed by atoms with van der Waals surface area (Å²) in [5.41, 5.74) is 3.59. The van der Waals surface area contributed by atoms with Crippen LogP contribution in [0.5, 0.6) is 0 Å². The van der Waals surface area contributed by atoms with Gasteiger partial charge in [0.05, 0.1) is 6.61 Å². The molecule has 5 heteroatoms. The quantitative estimate of drug-likeness (QED) is 0.259. The van der Waals surface area contributed by atoms with Crippen molar-refractivity contribution in [1.29, 1.82) is 0 Å². The molecule has 0 aliphatic heterocycles. The molecule has 3 N–H and O–H groups in total. The van der Waals surface area contributed by atoms with Gasteiger partial charge in [-0.15, -0.1) is 0 Å². The van der Waals surface area contributed by atoms with Gasteiger partial charge in [-0.2, -0.15) is 0 Å². The number of aliphatic hydroxyl groups excluding tert-OH is 2. The maximum Gasteiger partial charge on any atom is 0.341 e. The van der Waals surface area contributed by atoms with Gasteiger partial charge < -0.3 is 15.3 Å². The van der Waals surface area contributed by atoms with Crippen LogP contribution in [0.15, 0.2) is 70.5 Å². The Morgan fingerprint density at radius 2 is 1.78 bits per heavy atom. The van der Waals surface area contributed by atoms with E-state index in [1.54, 1.807) is 6.92 Å². The van der Waals surface area contributed by atoms with E-state index in [4.69, 9.17) is 0 Å². The first-order valence-corrected chi connectivity index (χ1v) is 8.73. The molecule has 1 aromatic rings. The van der Waals surface area contributed by atoms with Gasteiger partial charge >= 0.3 is 5.97 Å². The molecule has 0 atom stereocenters. The molecule has 5 nitrogen and oxygen atoms in total. The fourth-order valence-corrected chi connectivity index (χ4v) is 2.34. The predicted molar refractivity (Wildman–Crippen MR) is 110 cm³/mol.